The van der Waals surface area contributed by atoms with Crippen LogP contribution in [0.4, 0.5) is 0 Å². The summed E-state index contributed by atoms with van der Waals surface area (Å²) in [5.74, 6) is -0.304. The van der Waals surface area contributed by atoms with Crippen molar-refractivity contribution in [1.82, 2.24) is 9.55 Å². The molecule has 0 saturated heterocycles. The van der Waals surface area contributed by atoms with Crippen molar-refractivity contribution in [3.8, 4) is 11.5 Å². The molecular formula is C27H35N3O10. The van der Waals surface area contributed by atoms with Gasteiger partial charge in [0.15, 0.2) is 17.6 Å². The number of fused-ring (bicyclic) bond motifs is 3. The molecule has 13 nitrogen and oxygen atoms in total. The van der Waals surface area contributed by atoms with Crippen molar-refractivity contribution < 1.29 is 44.5 Å². The van der Waals surface area contributed by atoms with Crippen LogP contribution >= 0.6 is 0 Å². The third-order valence-corrected chi connectivity index (χ3v) is 7.35. The summed E-state index contributed by atoms with van der Waals surface area (Å²) in [6.07, 6.45) is -4.02. The number of carbonyl (C=O) groups excluding carboxylic acids is 1. The maximum atomic E-state index is 12.6. The van der Waals surface area contributed by atoms with Gasteiger partial charge in [-0.15, -0.1) is 0 Å². The average molecular weight is 562 g/mol. The van der Waals surface area contributed by atoms with Crippen molar-refractivity contribution >= 4 is 11.7 Å². The van der Waals surface area contributed by atoms with Crippen LogP contribution in [0.5, 0.6) is 11.5 Å². The highest BCUT2D eigenvalue weighted by molar-refractivity contribution is 6.14. The lowest BCUT2D eigenvalue weighted by Crippen LogP contribution is -2.50. The SMILES string of the molecule is CCOc1cc2c(cc1OC)C(c1cnc(=O)n(C)c1)=N[C@@H]1CC[C@@H](OC(=O)[C@H](O)[C@@H](O)[C@H](O)[C@H](O)CO)C[C@H]21. The number of nitrogens with zero attached hydrogens (tertiary/aromatic N) is 3. The molecular weight excluding hydrogens is 526 g/mol. The molecule has 7 atom stereocenters. The van der Waals surface area contributed by atoms with Gasteiger partial charge in [0, 0.05) is 36.5 Å². The molecule has 5 N–H and O–H groups in total. The number of hydrogen-bond donors (Lipinski definition) is 5. The van der Waals surface area contributed by atoms with E-state index in [1.165, 1.54) is 17.9 Å². The summed E-state index contributed by atoms with van der Waals surface area (Å²) in [6, 6.07) is 3.52. The predicted molar refractivity (Wildman–Crippen MR) is 141 cm³/mol. The Hall–Kier alpha value is -3.36. The van der Waals surface area contributed by atoms with Gasteiger partial charge < -0.3 is 44.3 Å². The van der Waals surface area contributed by atoms with Crippen molar-refractivity contribution in [2.24, 2.45) is 12.0 Å². The van der Waals surface area contributed by atoms with E-state index < -0.39 is 48.8 Å². The van der Waals surface area contributed by atoms with E-state index >= 15 is 0 Å². The zero-order valence-corrected chi connectivity index (χ0v) is 22.5. The third-order valence-electron chi connectivity index (χ3n) is 7.35. The molecule has 40 heavy (non-hydrogen) atoms. The summed E-state index contributed by atoms with van der Waals surface area (Å²) >= 11 is 0. The first kappa shape index (κ1) is 29.6. The second-order valence-electron chi connectivity index (χ2n) is 9.96. The van der Waals surface area contributed by atoms with Crippen LogP contribution in [0.1, 0.15) is 48.8 Å². The Morgan fingerprint density at radius 2 is 1.90 bits per heavy atom. The highest BCUT2D eigenvalue weighted by Crippen LogP contribution is 2.45. The second kappa shape index (κ2) is 12.4. The Morgan fingerprint density at radius 3 is 2.55 bits per heavy atom. The lowest BCUT2D eigenvalue weighted by Gasteiger charge is -2.39. The lowest BCUT2D eigenvalue weighted by atomic mass is 9.74. The smallest absolute Gasteiger partial charge is 0.347 e. The van der Waals surface area contributed by atoms with Gasteiger partial charge in [0.05, 0.1) is 32.1 Å². The average Bonchev–Trinajstić information content (AvgIpc) is 2.96. The number of aliphatic hydroxyl groups excluding tert-OH is 5. The van der Waals surface area contributed by atoms with Gasteiger partial charge in [-0.25, -0.2) is 14.6 Å². The van der Waals surface area contributed by atoms with Crippen LogP contribution in [0.25, 0.3) is 0 Å². The third kappa shape index (κ3) is 5.88. The minimum atomic E-state index is -2.12. The number of aryl methyl sites for hydroxylation is 1. The second-order valence-corrected chi connectivity index (χ2v) is 9.96. The summed E-state index contributed by atoms with van der Waals surface area (Å²) in [5, 5.41) is 48.6. The highest BCUT2D eigenvalue weighted by atomic mass is 16.6. The fourth-order valence-electron chi connectivity index (χ4n) is 5.22. The zero-order chi connectivity index (χ0) is 29.1. The summed E-state index contributed by atoms with van der Waals surface area (Å²) in [7, 11) is 3.14. The molecule has 1 aliphatic heterocycles. The molecule has 4 rings (SSSR count). The van der Waals surface area contributed by atoms with Gasteiger partial charge in [-0.3, -0.25) is 4.99 Å². The van der Waals surface area contributed by atoms with E-state index in [4.69, 9.17) is 24.3 Å². The van der Waals surface area contributed by atoms with E-state index in [1.807, 2.05) is 19.1 Å². The fraction of sp³-hybridized carbons (Fsp3) is 0.556. The van der Waals surface area contributed by atoms with Gasteiger partial charge >= 0.3 is 11.7 Å². The van der Waals surface area contributed by atoms with Crippen LogP contribution in [0.2, 0.25) is 0 Å². The maximum absolute atomic E-state index is 12.6. The molecule has 0 bridgehead atoms. The van der Waals surface area contributed by atoms with Crippen molar-refractivity contribution in [3.05, 3.63) is 51.7 Å². The van der Waals surface area contributed by atoms with Crippen LogP contribution in [-0.2, 0) is 16.6 Å². The molecule has 0 spiro atoms. The molecule has 13 heteroatoms. The Bertz CT molecular complexity index is 1310. The standard InChI is InChI=1S/C27H35N3O10/c1-4-39-21-8-15-16-7-14(40-26(36)25(35)24(34)23(33)19(32)12-31)5-6-18(16)29-22(17(15)9-20(21)38-3)13-10-28-27(37)30(2)11-13/h8-11,14,16,18-19,23-25,31-35H,4-7,12H2,1-3H3/t14-,16-,18-,19-,23-,24+,25-/m1/s1. The highest BCUT2D eigenvalue weighted by Gasteiger charge is 2.41. The lowest BCUT2D eigenvalue weighted by molar-refractivity contribution is -0.176. The van der Waals surface area contributed by atoms with Gasteiger partial charge in [0.1, 0.15) is 24.4 Å². The molecule has 0 amide bonds. The molecule has 1 fully saturated rings. The Labute approximate surface area is 230 Å². The molecule has 1 aliphatic carbocycles. The normalized spacial score (nSPS) is 23.1. The van der Waals surface area contributed by atoms with Gasteiger partial charge in [0.25, 0.3) is 0 Å². The number of carbonyl (C=O) groups is 1. The van der Waals surface area contributed by atoms with E-state index in [1.54, 1.807) is 13.2 Å². The fourth-order valence-corrected chi connectivity index (χ4v) is 5.22. The van der Waals surface area contributed by atoms with E-state index in [2.05, 4.69) is 4.98 Å². The number of esters is 1. The number of rotatable bonds is 10. The van der Waals surface area contributed by atoms with E-state index in [9.17, 15) is 30.0 Å². The first-order valence-corrected chi connectivity index (χ1v) is 13.1. The summed E-state index contributed by atoms with van der Waals surface area (Å²) in [6.45, 7) is 1.40. The van der Waals surface area contributed by atoms with Crippen LogP contribution in [0.15, 0.2) is 34.3 Å². The number of methoxy groups -OCH3 is 1. The Morgan fingerprint density at radius 1 is 1.15 bits per heavy atom. The van der Waals surface area contributed by atoms with Crippen LogP contribution < -0.4 is 15.2 Å². The van der Waals surface area contributed by atoms with Crippen LogP contribution in [-0.4, -0.2) is 104 Å². The largest absolute Gasteiger partial charge is 0.493 e. The molecule has 1 saturated carbocycles. The minimum Gasteiger partial charge on any atom is -0.493 e. The summed E-state index contributed by atoms with van der Waals surface area (Å²) in [4.78, 5) is 33.5. The van der Waals surface area contributed by atoms with Crippen LogP contribution in [0.3, 0.4) is 0 Å². The van der Waals surface area contributed by atoms with E-state index in [0.29, 0.717) is 48.6 Å². The number of aliphatic imine (C=N–C) groups is 1. The Balaban J connectivity index is 1.64. The van der Waals surface area contributed by atoms with Crippen molar-refractivity contribution in [1.29, 1.82) is 0 Å². The number of aromatic nitrogens is 2. The first-order chi connectivity index (χ1) is 19.1. The molecule has 2 heterocycles. The van der Waals surface area contributed by atoms with Gasteiger partial charge in [-0.05, 0) is 43.9 Å². The number of benzene rings is 1. The quantitative estimate of drug-likeness (QED) is 0.224. The molecule has 1 aromatic carbocycles. The molecule has 1 aromatic heterocycles. The van der Waals surface area contributed by atoms with Crippen molar-refractivity contribution in [3.63, 3.8) is 0 Å². The van der Waals surface area contributed by atoms with Gasteiger partial charge in [0.2, 0.25) is 0 Å². The topological polar surface area (TPSA) is 193 Å². The van der Waals surface area contributed by atoms with Gasteiger partial charge in [-0.1, -0.05) is 0 Å². The predicted octanol–water partition coefficient (Wildman–Crippen LogP) is -0.978. The molecule has 2 aliphatic rings. The Kier molecular flexibility index (Phi) is 9.21. The van der Waals surface area contributed by atoms with Crippen molar-refractivity contribution in [2.75, 3.05) is 20.3 Å². The van der Waals surface area contributed by atoms with Crippen molar-refractivity contribution in [2.45, 2.75) is 68.7 Å². The van der Waals surface area contributed by atoms with E-state index in [0.717, 1.165) is 11.1 Å². The van der Waals surface area contributed by atoms with Crippen LogP contribution in [0, 0.1) is 0 Å². The zero-order valence-electron chi connectivity index (χ0n) is 22.5. The molecule has 0 unspecified atom stereocenters. The molecule has 0 radical (unpaired) electrons. The summed E-state index contributed by atoms with van der Waals surface area (Å²) < 4.78 is 18.3. The van der Waals surface area contributed by atoms with E-state index in [-0.39, 0.29) is 12.0 Å². The molecule has 2 aromatic rings. The maximum Gasteiger partial charge on any atom is 0.347 e. The number of hydrogen-bond acceptors (Lipinski definition) is 12. The first-order valence-electron chi connectivity index (χ1n) is 13.1. The molecule has 218 valence electrons. The number of aliphatic hydroxyl groups is 5. The minimum absolute atomic E-state index is 0.186. The summed E-state index contributed by atoms with van der Waals surface area (Å²) in [5.41, 5.74) is 2.55. The number of ether oxygens (including phenoxy) is 3. The monoisotopic (exact) mass is 561 g/mol. The van der Waals surface area contributed by atoms with Gasteiger partial charge in [-0.2, -0.15) is 0 Å².